The summed E-state index contributed by atoms with van der Waals surface area (Å²) in [6.45, 7) is 1.61. The summed E-state index contributed by atoms with van der Waals surface area (Å²) >= 11 is 0. The molecule has 1 N–H and O–H groups in total. The minimum Gasteiger partial charge on any atom is -0.495 e. The Balaban J connectivity index is 1.70. The van der Waals surface area contributed by atoms with Gasteiger partial charge in [-0.3, -0.25) is 4.79 Å². The van der Waals surface area contributed by atoms with Crippen LogP contribution in [-0.4, -0.2) is 32.2 Å². The lowest BCUT2D eigenvalue weighted by Gasteiger charge is -2.09. The Morgan fingerprint density at radius 2 is 1.83 bits per heavy atom. The number of nitrogens with one attached hydrogen (secondary N) is 1. The lowest BCUT2D eigenvalue weighted by molar-refractivity contribution is -0.117. The molecule has 0 unspecified atom stereocenters. The number of hydrogen-bond acceptors (Lipinski definition) is 5. The van der Waals surface area contributed by atoms with Crippen molar-refractivity contribution in [1.29, 1.82) is 0 Å². The molecule has 0 bridgehead atoms. The number of rotatable bonds is 5. The SMILES string of the molecule is COc1ccccc1NC(=O)Cn1nc2cc(C)nc(-c3ccccc3)n2c1=O. The number of carbonyl (C=O) groups is 1. The molecule has 2 heterocycles. The summed E-state index contributed by atoms with van der Waals surface area (Å²) in [6.07, 6.45) is 0. The fourth-order valence-electron chi connectivity index (χ4n) is 3.11. The van der Waals surface area contributed by atoms with Crippen LogP contribution in [0.1, 0.15) is 5.69 Å². The first-order valence-electron chi connectivity index (χ1n) is 9.02. The zero-order chi connectivity index (χ0) is 20.4. The number of anilines is 1. The fourth-order valence-corrected chi connectivity index (χ4v) is 3.11. The van der Waals surface area contributed by atoms with Gasteiger partial charge in [0.25, 0.3) is 0 Å². The molecule has 0 aliphatic heterocycles. The van der Waals surface area contributed by atoms with E-state index in [4.69, 9.17) is 4.74 Å². The molecule has 0 saturated heterocycles. The van der Waals surface area contributed by atoms with E-state index in [2.05, 4.69) is 15.4 Å². The Morgan fingerprint density at radius 1 is 1.10 bits per heavy atom. The molecule has 1 amide bonds. The van der Waals surface area contributed by atoms with Gasteiger partial charge >= 0.3 is 5.69 Å². The molecule has 0 spiro atoms. The maximum atomic E-state index is 13.0. The number of nitrogens with zero attached hydrogens (tertiary/aromatic N) is 4. The average molecular weight is 389 g/mol. The number of ether oxygens (including phenoxy) is 1. The summed E-state index contributed by atoms with van der Waals surface area (Å²) in [6, 6.07) is 18.2. The number of benzene rings is 2. The van der Waals surface area contributed by atoms with E-state index in [-0.39, 0.29) is 12.5 Å². The van der Waals surface area contributed by atoms with Crippen LogP contribution in [-0.2, 0) is 11.3 Å². The number of fused-ring (bicyclic) bond motifs is 1. The normalized spacial score (nSPS) is 10.8. The smallest absolute Gasteiger partial charge is 0.352 e. The molecule has 0 fully saturated rings. The van der Waals surface area contributed by atoms with Crippen molar-refractivity contribution in [2.45, 2.75) is 13.5 Å². The lowest BCUT2D eigenvalue weighted by Crippen LogP contribution is -2.28. The third-order valence-corrected chi connectivity index (χ3v) is 4.40. The molecular formula is C21H19N5O3. The molecule has 4 rings (SSSR count). The topological polar surface area (TPSA) is 90.5 Å². The molecule has 0 aliphatic carbocycles. The van der Waals surface area contributed by atoms with Crippen molar-refractivity contribution >= 4 is 17.2 Å². The number of para-hydroxylation sites is 2. The lowest BCUT2D eigenvalue weighted by atomic mass is 10.2. The molecule has 2 aromatic heterocycles. The number of hydrogen-bond donors (Lipinski definition) is 1. The number of aryl methyl sites for hydroxylation is 1. The van der Waals surface area contributed by atoms with Crippen molar-refractivity contribution in [3.8, 4) is 17.1 Å². The van der Waals surface area contributed by atoms with Crippen molar-refractivity contribution < 1.29 is 9.53 Å². The highest BCUT2D eigenvalue weighted by atomic mass is 16.5. The van der Waals surface area contributed by atoms with Crippen LogP contribution in [0.4, 0.5) is 5.69 Å². The standard InChI is InChI=1S/C21H19N5O3/c1-14-12-18-24-25(13-19(27)23-16-10-6-7-11-17(16)29-2)21(28)26(18)20(22-14)15-8-4-3-5-9-15/h3-12H,13H2,1-2H3,(H,23,27). The van der Waals surface area contributed by atoms with E-state index < -0.39 is 5.69 Å². The van der Waals surface area contributed by atoms with E-state index in [1.807, 2.05) is 43.3 Å². The largest absolute Gasteiger partial charge is 0.495 e. The van der Waals surface area contributed by atoms with Gasteiger partial charge in [0.1, 0.15) is 18.1 Å². The second kappa shape index (κ2) is 7.59. The Hall–Kier alpha value is -3.94. The zero-order valence-corrected chi connectivity index (χ0v) is 16.0. The number of methoxy groups -OCH3 is 1. The second-order valence-corrected chi connectivity index (χ2v) is 6.47. The molecule has 8 heteroatoms. The Kier molecular flexibility index (Phi) is 4.82. The summed E-state index contributed by atoms with van der Waals surface area (Å²) in [5, 5.41) is 7.07. The van der Waals surface area contributed by atoms with Crippen LogP contribution < -0.4 is 15.7 Å². The van der Waals surface area contributed by atoms with Crippen molar-refractivity contribution in [3.63, 3.8) is 0 Å². The van der Waals surface area contributed by atoms with Gasteiger partial charge in [0, 0.05) is 17.3 Å². The van der Waals surface area contributed by atoms with Crippen LogP contribution in [0.2, 0.25) is 0 Å². The first kappa shape index (κ1) is 18.4. The first-order chi connectivity index (χ1) is 14.1. The number of carbonyl (C=O) groups excluding carboxylic acids is 1. The van der Waals surface area contributed by atoms with Gasteiger partial charge in [0.2, 0.25) is 5.91 Å². The van der Waals surface area contributed by atoms with Gasteiger partial charge in [-0.2, -0.15) is 0 Å². The van der Waals surface area contributed by atoms with E-state index >= 15 is 0 Å². The van der Waals surface area contributed by atoms with Gasteiger partial charge in [0.05, 0.1) is 12.8 Å². The highest BCUT2D eigenvalue weighted by Crippen LogP contribution is 2.23. The Labute approximate surface area is 166 Å². The van der Waals surface area contributed by atoms with Crippen molar-refractivity contribution in [1.82, 2.24) is 19.2 Å². The van der Waals surface area contributed by atoms with Gasteiger partial charge in [-0.05, 0) is 19.1 Å². The predicted octanol–water partition coefficient (Wildman–Crippen LogP) is 2.51. The van der Waals surface area contributed by atoms with Crippen LogP contribution >= 0.6 is 0 Å². The van der Waals surface area contributed by atoms with Crippen LogP contribution in [0.3, 0.4) is 0 Å². The van der Waals surface area contributed by atoms with E-state index in [1.165, 1.54) is 11.5 Å². The molecular weight excluding hydrogens is 370 g/mol. The Morgan fingerprint density at radius 3 is 2.59 bits per heavy atom. The van der Waals surface area contributed by atoms with Crippen molar-refractivity contribution in [2.75, 3.05) is 12.4 Å². The highest BCUT2D eigenvalue weighted by Gasteiger charge is 2.16. The quantitative estimate of drug-likeness (QED) is 0.566. The summed E-state index contributed by atoms with van der Waals surface area (Å²) < 4.78 is 7.78. The molecule has 0 saturated carbocycles. The van der Waals surface area contributed by atoms with E-state index in [1.54, 1.807) is 24.3 Å². The van der Waals surface area contributed by atoms with Crippen LogP contribution in [0.15, 0.2) is 65.5 Å². The van der Waals surface area contributed by atoms with E-state index in [0.29, 0.717) is 22.9 Å². The van der Waals surface area contributed by atoms with Crippen molar-refractivity contribution in [2.24, 2.45) is 0 Å². The van der Waals surface area contributed by atoms with Gasteiger partial charge in [-0.25, -0.2) is 18.9 Å². The summed E-state index contributed by atoms with van der Waals surface area (Å²) in [5.74, 6) is 0.641. The van der Waals surface area contributed by atoms with Gasteiger partial charge in [-0.15, -0.1) is 5.10 Å². The maximum Gasteiger partial charge on any atom is 0.352 e. The van der Waals surface area contributed by atoms with Gasteiger partial charge < -0.3 is 10.1 Å². The monoisotopic (exact) mass is 389 g/mol. The fraction of sp³-hybridized carbons (Fsp3) is 0.143. The molecule has 29 heavy (non-hydrogen) atoms. The summed E-state index contributed by atoms with van der Waals surface area (Å²) in [4.78, 5) is 30.0. The molecule has 0 aliphatic rings. The first-order valence-corrected chi connectivity index (χ1v) is 9.02. The highest BCUT2D eigenvalue weighted by molar-refractivity contribution is 5.92. The Bertz CT molecular complexity index is 1240. The summed E-state index contributed by atoms with van der Waals surface area (Å²) in [5.41, 5.74) is 2.06. The predicted molar refractivity (Wildman–Crippen MR) is 109 cm³/mol. The minimum absolute atomic E-state index is 0.230. The van der Waals surface area contributed by atoms with Gasteiger partial charge in [-0.1, -0.05) is 42.5 Å². The number of amides is 1. The summed E-state index contributed by atoms with van der Waals surface area (Å²) in [7, 11) is 1.53. The van der Waals surface area contributed by atoms with Crippen LogP contribution in [0, 0.1) is 6.92 Å². The third-order valence-electron chi connectivity index (χ3n) is 4.40. The average Bonchev–Trinajstić information content (AvgIpc) is 3.03. The minimum atomic E-state index is -0.429. The molecule has 8 nitrogen and oxygen atoms in total. The van der Waals surface area contributed by atoms with Crippen LogP contribution in [0.25, 0.3) is 17.0 Å². The molecule has 146 valence electrons. The van der Waals surface area contributed by atoms with Gasteiger partial charge in [0.15, 0.2) is 5.65 Å². The van der Waals surface area contributed by atoms with Crippen molar-refractivity contribution in [3.05, 3.63) is 76.8 Å². The van der Waals surface area contributed by atoms with Crippen LogP contribution in [0.5, 0.6) is 5.75 Å². The third kappa shape index (κ3) is 3.60. The molecule has 0 radical (unpaired) electrons. The molecule has 0 atom stereocenters. The van der Waals surface area contributed by atoms with E-state index in [0.717, 1.165) is 15.9 Å². The molecule has 2 aromatic carbocycles. The zero-order valence-electron chi connectivity index (χ0n) is 16.0. The molecule has 4 aromatic rings. The number of aromatic nitrogens is 4. The van der Waals surface area contributed by atoms with E-state index in [9.17, 15) is 9.59 Å². The maximum absolute atomic E-state index is 13.0. The second-order valence-electron chi connectivity index (χ2n) is 6.47.